The van der Waals surface area contributed by atoms with Gasteiger partial charge >= 0.3 is 0 Å². The molecule has 1 rings (SSSR count). The highest BCUT2D eigenvalue weighted by Gasteiger charge is 2.06. The number of anilines is 1. The Morgan fingerprint density at radius 2 is 1.77 bits per heavy atom. The van der Waals surface area contributed by atoms with Gasteiger partial charge < -0.3 is 4.23 Å². The molecule has 0 unspecified atom stereocenters. The van der Waals surface area contributed by atoms with E-state index in [1.165, 1.54) is 16.8 Å². The van der Waals surface area contributed by atoms with Crippen LogP contribution < -0.4 is 4.23 Å². The third-order valence-corrected chi connectivity index (χ3v) is 6.32. The lowest BCUT2D eigenvalue weighted by Gasteiger charge is -2.23. The first-order valence-corrected chi connectivity index (χ1v) is 8.81. The Labute approximate surface area is 91.1 Å². The lowest BCUT2D eigenvalue weighted by atomic mass is 10.1. The van der Waals surface area contributed by atoms with Crippen LogP contribution in [0, 0.1) is 13.8 Å². The molecule has 13 heavy (non-hydrogen) atoms. The first kappa shape index (κ1) is 11.0. The average molecular weight is 232 g/mol. The predicted molar refractivity (Wildman–Crippen MR) is 61.4 cm³/mol. The second kappa shape index (κ2) is 4.94. The van der Waals surface area contributed by atoms with Gasteiger partial charge in [0, 0.05) is 25.2 Å². The van der Waals surface area contributed by atoms with Gasteiger partial charge in [-0.2, -0.15) is 0 Å². The molecule has 10 radical (unpaired) electrons. The van der Waals surface area contributed by atoms with Crippen molar-refractivity contribution in [3.63, 3.8) is 0 Å². The molecule has 0 amide bonds. The fourth-order valence-electron chi connectivity index (χ4n) is 1.13. The van der Waals surface area contributed by atoms with Crippen LogP contribution in [0.1, 0.15) is 11.1 Å². The van der Waals surface area contributed by atoms with Crippen molar-refractivity contribution in [2.24, 2.45) is 0 Å². The van der Waals surface area contributed by atoms with Crippen molar-refractivity contribution in [3.05, 3.63) is 29.3 Å². The molecule has 1 aromatic rings. The first-order chi connectivity index (χ1) is 6.20. The molecule has 0 aliphatic rings. The monoisotopic (exact) mass is 231 g/mol. The lowest BCUT2D eigenvalue weighted by Crippen LogP contribution is -2.33. The molecule has 62 valence electrons. The molecule has 0 aliphatic heterocycles. The van der Waals surface area contributed by atoms with Gasteiger partial charge in [-0.1, -0.05) is 12.1 Å². The molecule has 0 aliphatic carbocycles. The second-order valence-electron chi connectivity index (χ2n) is 2.78. The van der Waals surface area contributed by atoms with Crippen molar-refractivity contribution in [3.8, 4) is 0 Å². The molecule has 1 aromatic carbocycles. The van der Waals surface area contributed by atoms with Crippen LogP contribution in [0.15, 0.2) is 18.2 Å². The normalized spacial score (nSPS) is 10.2. The van der Waals surface area contributed by atoms with Crippen LogP contribution in [0.4, 0.5) is 5.69 Å². The standard InChI is InChI=1S/C8H9NSi4/c1-6-4-3-5-8(7(6)2)9(12-10)13-11/h3-5H,1-2H3. The third kappa shape index (κ3) is 2.43. The number of rotatable bonds is 3. The summed E-state index contributed by atoms with van der Waals surface area (Å²) < 4.78 is 2.27. The topological polar surface area (TPSA) is 3.24 Å². The maximum Gasteiger partial charge on any atom is 0.143 e. The summed E-state index contributed by atoms with van der Waals surface area (Å²) in [7, 11) is 8.34. The summed E-state index contributed by atoms with van der Waals surface area (Å²) in [6, 6.07) is 6.40. The largest absolute Gasteiger partial charge is 0.432 e. The number of aryl methyl sites for hydroxylation is 1. The molecular formula is C8H9NSi4. The zero-order chi connectivity index (χ0) is 9.84. The van der Waals surface area contributed by atoms with Crippen molar-refractivity contribution in [1.82, 2.24) is 0 Å². The van der Waals surface area contributed by atoms with Crippen molar-refractivity contribution in [1.29, 1.82) is 0 Å². The molecule has 5 heteroatoms. The number of benzene rings is 1. The summed E-state index contributed by atoms with van der Waals surface area (Å²) >= 11 is 0. The van der Waals surface area contributed by atoms with E-state index in [9.17, 15) is 0 Å². The zero-order valence-electron chi connectivity index (χ0n) is 7.68. The van der Waals surface area contributed by atoms with E-state index in [0.29, 0.717) is 18.4 Å². The summed E-state index contributed by atoms with van der Waals surface area (Å²) in [6.07, 6.45) is 0. The molecule has 0 bridgehead atoms. The summed E-state index contributed by atoms with van der Waals surface area (Å²) in [4.78, 5) is 0. The van der Waals surface area contributed by atoms with Crippen LogP contribution in [0.3, 0.4) is 0 Å². The van der Waals surface area contributed by atoms with E-state index < -0.39 is 0 Å². The molecule has 0 atom stereocenters. The third-order valence-electron chi connectivity index (χ3n) is 2.04. The fourth-order valence-corrected chi connectivity index (χ4v) is 4.81. The number of hydrogen-bond donors (Lipinski definition) is 0. The molecule has 0 fully saturated rings. The van der Waals surface area contributed by atoms with Crippen molar-refractivity contribution < 1.29 is 0 Å². The smallest absolute Gasteiger partial charge is 0.143 e. The maximum atomic E-state index is 3.55. The summed E-state index contributed by atoms with van der Waals surface area (Å²) in [5.41, 5.74) is 4.01. The fraction of sp³-hybridized carbons (Fsp3) is 0.250. The van der Waals surface area contributed by atoms with Gasteiger partial charge in [-0.05, 0) is 31.0 Å². The minimum absolute atomic E-state index is 0.622. The van der Waals surface area contributed by atoms with Gasteiger partial charge in [-0.25, -0.2) is 0 Å². The van der Waals surface area contributed by atoms with Gasteiger partial charge in [0.05, 0.1) is 0 Å². The Balaban J connectivity index is 3.05. The molecular weight excluding hydrogens is 222 g/mol. The molecule has 1 nitrogen and oxygen atoms in total. The summed E-state index contributed by atoms with van der Waals surface area (Å²) in [5, 5.41) is 0. The molecule has 0 spiro atoms. The van der Waals surface area contributed by atoms with Crippen LogP contribution >= 0.6 is 0 Å². The van der Waals surface area contributed by atoms with E-state index in [-0.39, 0.29) is 0 Å². The van der Waals surface area contributed by atoms with Gasteiger partial charge in [0.25, 0.3) is 0 Å². The predicted octanol–water partition coefficient (Wildman–Crippen LogP) is 0.515. The Morgan fingerprint density at radius 1 is 1.15 bits per heavy atom. The highest BCUT2D eigenvalue weighted by molar-refractivity contribution is 7.05. The van der Waals surface area contributed by atoms with Crippen molar-refractivity contribution >= 4 is 43.6 Å². The first-order valence-electron chi connectivity index (χ1n) is 3.91. The van der Waals surface area contributed by atoms with Crippen molar-refractivity contribution in [2.75, 3.05) is 4.23 Å². The summed E-state index contributed by atoms with van der Waals surface area (Å²) in [6.45, 7) is 4.31. The minimum atomic E-state index is 0.622. The van der Waals surface area contributed by atoms with E-state index >= 15 is 0 Å². The van der Waals surface area contributed by atoms with E-state index in [1.807, 2.05) is 0 Å². The Morgan fingerprint density at radius 3 is 2.31 bits per heavy atom. The Hall–Kier alpha value is -0.112. The van der Waals surface area contributed by atoms with E-state index in [0.717, 1.165) is 0 Å². The zero-order valence-corrected chi connectivity index (χ0v) is 11.7. The van der Waals surface area contributed by atoms with E-state index in [4.69, 9.17) is 0 Å². The van der Waals surface area contributed by atoms with Gasteiger partial charge in [0.1, 0.15) is 18.4 Å². The van der Waals surface area contributed by atoms with Gasteiger partial charge in [-0.3, -0.25) is 0 Å². The quantitative estimate of drug-likeness (QED) is 0.686. The summed E-state index contributed by atoms with van der Waals surface area (Å²) in [5.74, 6) is 0. The molecule has 0 saturated carbocycles. The molecule has 0 heterocycles. The molecule has 0 N–H and O–H groups in total. The van der Waals surface area contributed by atoms with Gasteiger partial charge in [0.2, 0.25) is 0 Å². The number of nitrogens with zero attached hydrogens (tertiary/aromatic N) is 1. The van der Waals surface area contributed by atoms with Crippen LogP contribution in [-0.4, -0.2) is 37.9 Å². The molecule has 0 aromatic heterocycles. The van der Waals surface area contributed by atoms with Crippen LogP contribution in [0.5, 0.6) is 0 Å². The van der Waals surface area contributed by atoms with Crippen LogP contribution in [0.25, 0.3) is 0 Å². The van der Waals surface area contributed by atoms with Crippen LogP contribution in [-0.2, 0) is 0 Å². The maximum absolute atomic E-state index is 3.55. The average Bonchev–Trinajstić information content (AvgIpc) is 2.14. The van der Waals surface area contributed by atoms with Crippen LogP contribution in [0.2, 0.25) is 0 Å². The second-order valence-corrected chi connectivity index (χ2v) is 5.91. The van der Waals surface area contributed by atoms with Gasteiger partial charge in [-0.15, -0.1) is 0 Å². The Kier molecular flexibility index (Phi) is 4.17. The number of hydrogen-bond acceptors (Lipinski definition) is 1. The SMILES string of the molecule is Cc1cccc(N([Si][Si])[Si][Si])c1C. The van der Waals surface area contributed by atoms with Crippen molar-refractivity contribution in [2.45, 2.75) is 13.8 Å². The van der Waals surface area contributed by atoms with E-state index in [2.05, 4.69) is 55.8 Å². The highest BCUT2D eigenvalue weighted by atomic mass is 29.2. The lowest BCUT2D eigenvalue weighted by molar-refractivity contribution is 1.32. The highest BCUT2D eigenvalue weighted by Crippen LogP contribution is 2.20. The van der Waals surface area contributed by atoms with E-state index in [1.54, 1.807) is 0 Å². The Bertz CT molecular complexity index is 285. The minimum Gasteiger partial charge on any atom is -0.432 e. The van der Waals surface area contributed by atoms with Gasteiger partial charge in [0.15, 0.2) is 0 Å². The molecule has 0 saturated heterocycles.